The van der Waals surface area contributed by atoms with E-state index in [-0.39, 0.29) is 4.90 Å². The van der Waals surface area contributed by atoms with Gasteiger partial charge in [-0.05, 0) is 35.2 Å². The first-order chi connectivity index (χ1) is 8.50. The van der Waals surface area contributed by atoms with E-state index in [0.717, 1.165) is 17.5 Å². The van der Waals surface area contributed by atoms with Gasteiger partial charge in [0.25, 0.3) is 10.1 Å². The summed E-state index contributed by atoms with van der Waals surface area (Å²) >= 11 is 0. The fourth-order valence-corrected chi connectivity index (χ4v) is 2.30. The molecule has 0 amide bonds. The van der Waals surface area contributed by atoms with Gasteiger partial charge >= 0.3 is 0 Å². The Balaban J connectivity index is 2.44. The van der Waals surface area contributed by atoms with E-state index in [4.69, 9.17) is 4.55 Å². The van der Waals surface area contributed by atoms with Crippen molar-refractivity contribution in [2.75, 3.05) is 0 Å². The molecule has 0 aliphatic carbocycles. The summed E-state index contributed by atoms with van der Waals surface area (Å²) in [6, 6.07) is 14.2. The van der Waals surface area contributed by atoms with Crippen molar-refractivity contribution in [3.63, 3.8) is 0 Å². The van der Waals surface area contributed by atoms with E-state index in [1.54, 1.807) is 6.07 Å². The maximum absolute atomic E-state index is 11.1. The van der Waals surface area contributed by atoms with Crippen molar-refractivity contribution in [3.8, 4) is 11.1 Å². The smallest absolute Gasteiger partial charge is 0.282 e. The van der Waals surface area contributed by atoms with Crippen LogP contribution in [0.2, 0.25) is 0 Å². The van der Waals surface area contributed by atoms with Crippen LogP contribution < -0.4 is 0 Å². The fraction of sp³-hybridized carbons (Fsp3) is 0.143. The van der Waals surface area contributed by atoms with E-state index in [0.29, 0.717) is 0 Å². The van der Waals surface area contributed by atoms with Gasteiger partial charge < -0.3 is 0 Å². The third-order valence-electron chi connectivity index (χ3n) is 2.83. The Kier molecular flexibility index (Phi) is 3.50. The summed E-state index contributed by atoms with van der Waals surface area (Å²) in [6.45, 7) is 2.08. The van der Waals surface area contributed by atoms with E-state index in [2.05, 4.69) is 6.92 Å². The molecule has 0 saturated heterocycles. The van der Waals surface area contributed by atoms with Crippen LogP contribution >= 0.6 is 0 Å². The van der Waals surface area contributed by atoms with Crippen LogP contribution in [0.3, 0.4) is 0 Å². The molecule has 2 rings (SSSR count). The van der Waals surface area contributed by atoms with Crippen LogP contribution in [0.1, 0.15) is 12.5 Å². The summed E-state index contributed by atoms with van der Waals surface area (Å²) in [7, 11) is -4.15. The molecule has 0 unspecified atom stereocenters. The molecule has 4 heteroatoms. The van der Waals surface area contributed by atoms with Crippen molar-refractivity contribution in [1.29, 1.82) is 0 Å². The summed E-state index contributed by atoms with van der Waals surface area (Å²) in [5.41, 5.74) is 2.93. The van der Waals surface area contributed by atoms with Crippen molar-refractivity contribution < 1.29 is 13.0 Å². The molecule has 1 N–H and O–H groups in total. The molecular formula is C14H14O3S. The normalized spacial score (nSPS) is 11.4. The average molecular weight is 262 g/mol. The highest BCUT2D eigenvalue weighted by Crippen LogP contribution is 2.22. The molecule has 0 aromatic heterocycles. The lowest BCUT2D eigenvalue weighted by Crippen LogP contribution is -1.97. The lowest BCUT2D eigenvalue weighted by molar-refractivity contribution is 0.483. The van der Waals surface area contributed by atoms with Gasteiger partial charge in [-0.15, -0.1) is 0 Å². The summed E-state index contributed by atoms with van der Waals surface area (Å²) < 4.78 is 31.2. The largest absolute Gasteiger partial charge is 0.294 e. The Morgan fingerprint density at radius 2 is 1.67 bits per heavy atom. The minimum Gasteiger partial charge on any atom is -0.282 e. The van der Waals surface area contributed by atoms with Gasteiger partial charge in [-0.25, -0.2) is 0 Å². The molecule has 0 radical (unpaired) electrons. The van der Waals surface area contributed by atoms with Crippen molar-refractivity contribution in [2.24, 2.45) is 0 Å². The number of hydrogen-bond acceptors (Lipinski definition) is 2. The number of aryl methyl sites for hydroxylation is 1. The second-order valence-corrected chi connectivity index (χ2v) is 5.47. The van der Waals surface area contributed by atoms with Crippen molar-refractivity contribution >= 4 is 10.1 Å². The lowest BCUT2D eigenvalue weighted by atomic mass is 10.0. The van der Waals surface area contributed by atoms with Gasteiger partial charge in [0.15, 0.2) is 0 Å². The van der Waals surface area contributed by atoms with E-state index in [1.807, 2.05) is 30.3 Å². The Bertz CT molecular complexity index is 643. The Hall–Kier alpha value is -1.65. The molecule has 0 spiro atoms. The molecule has 0 saturated carbocycles. The van der Waals surface area contributed by atoms with Crippen LogP contribution in [0.25, 0.3) is 11.1 Å². The van der Waals surface area contributed by atoms with Gasteiger partial charge in [-0.2, -0.15) is 8.42 Å². The first-order valence-corrected chi connectivity index (χ1v) is 7.11. The molecule has 2 aromatic rings. The van der Waals surface area contributed by atoms with Crippen molar-refractivity contribution in [3.05, 3.63) is 54.1 Å². The monoisotopic (exact) mass is 262 g/mol. The van der Waals surface area contributed by atoms with Gasteiger partial charge in [0.05, 0.1) is 4.90 Å². The minimum absolute atomic E-state index is 0.0837. The number of rotatable bonds is 3. The van der Waals surface area contributed by atoms with Gasteiger partial charge in [-0.1, -0.05) is 43.3 Å². The second kappa shape index (κ2) is 4.92. The minimum atomic E-state index is -4.15. The number of benzene rings is 2. The molecule has 0 aliphatic rings. The highest BCUT2D eigenvalue weighted by molar-refractivity contribution is 7.85. The molecule has 0 bridgehead atoms. The Labute approximate surface area is 107 Å². The summed E-state index contributed by atoms with van der Waals surface area (Å²) in [4.78, 5) is -0.0837. The first-order valence-electron chi connectivity index (χ1n) is 5.67. The second-order valence-electron chi connectivity index (χ2n) is 4.05. The van der Waals surface area contributed by atoms with Gasteiger partial charge in [-0.3, -0.25) is 4.55 Å². The lowest BCUT2D eigenvalue weighted by Gasteiger charge is -2.05. The highest BCUT2D eigenvalue weighted by atomic mass is 32.2. The topological polar surface area (TPSA) is 54.4 Å². The van der Waals surface area contributed by atoms with Crippen molar-refractivity contribution in [2.45, 2.75) is 18.2 Å². The molecule has 0 aliphatic heterocycles. The quantitative estimate of drug-likeness (QED) is 0.864. The standard InChI is InChI=1S/C14H14O3S/c1-2-11-6-8-12(9-7-11)13-4-3-5-14(10-13)18(15,16)17/h3-10H,2H2,1H3,(H,15,16,17). The molecule has 0 fully saturated rings. The van der Waals surface area contributed by atoms with Crippen LogP contribution in [-0.2, 0) is 16.5 Å². The zero-order valence-corrected chi connectivity index (χ0v) is 10.8. The zero-order chi connectivity index (χ0) is 13.2. The molecule has 18 heavy (non-hydrogen) atoms. The van der Waals surface area contributed by atoms with Gasteiger partial charge in [0, 0.05) is 0 Å². The molecule has 94 valence electrons. The number of hydrogen-bond donors (Lipinski definition) is 1. The maximum Gasteiger partial charge on any atom is 0.294 e. The van der Waals surface area contributed by atoms with Crippen LogP contribution in [0, 0.1) is 0 Å². The maximum atomic E-state index is 11.1. The summed E-state index contributed by atoms with van der Waals surface area (Å²) in [5.74, 6) is 0. The third kappa shape index (κ3) is 2.78. The zero-order valence-electron chi connectivity index (χ0n) is 10.00. The van der Waals surface area contributed by atoms with Crippen LogP contribution in [-0.4, -0.2) is 13.0 Å². The first kappa shape index (κ1) is 12.8. The summed E-state index contributed by atoms with van der Waals surface area (Å²) in [5, 5.41) is 0. The predicted molar refractivity (Wildman–Crippen MR) is 71.1 cm³/mol. The van der Waals surface area contributed by atoms with Crippen LogP contribution in [0.4, 0.5) is 0 Å². The highest BCUT2D eigenvalue weighted by Gasteiger charge is 2.10. The molecule has 2 aromatic carbocycles. The molecular weight excluding hydrogens is 248 g/mol. The Morgan fingerprint density at radius 3 is 2.22 bits per heavy atom. The van der Waals surface area contributed by atoms with Gasteiger partial charge in [0.2, 0.25) is 0 Å². The third-order valence-corrected chi connectivity index (χ3v) is 3.68. The van der Waals surface area contributed by atoms with Crippen LogP contribution in [0.5, 0.6) is 0 Å². The fourth-order valence-electron chi connectivity index (χ4n) is 1.77. The van der Waals surface area contributed by atoms with Crippen LogP contribution in [0.15, 0.2) is 53.4 Å². The van der Waals surface area contributed by atoms with Crippen molar-refractivity contribution in [1.82, 2.24) is 0 Å². The molecule has 0 atom stereocenters. The average Bonchev–Trinajstić information content (AvgIpc) is 2.38. The van der Waals surface area contributed by atoms with E-state index < -0.39 is 10.1 Å². The Morgan fingerprint density at radius 1 is 1.00 bits per heavy atom. The summed E-state index contributed by atoms with van der Waals surface area (Å²) in [6.07, 6.45) is 0.964. The predicted octanol–water partition coefficient (Wildman–Crippen LogP) is 3.16. The molecule has 3 nitrogen and oxygen atoms in total. The van der Waals surface area contributed by atoms with E-state index in [9.17, 15) is 8.42 Å². The van der Waals surface area contributed by atoms with E-state index in [1.165, 1.54) is 17.7 Å². The molecule has 0 heterocycles. The van der Waals surface area contributed by atoms with Gasteiger partial charge in [0.1, 0.15) is 0 Å². The van der Waals surface area contributed by atoms with E-state index >= 15 is 0 Å². The SMILES string of the molecule is CCc1ccc(-c2cccc(S(=O)(=O)O)c2)cc1.